The minimum absolute atomic E-state index is 0.0105. The molecular weight excluding hydrogens is 343 g/mol. The van der Waals surface area contributed by atoms with E-state index in [1.807, 2.05) is 26.0 Å². The van der Waals surface area contributed by atoms with Gasteiger partial charge in [0.1, 0.15) is 5.76 Å². The molecule has 0 fully saturated rings. The van der Waals surface area contributed by atoms with Gasteiger partial charge in [0.2, 0.25) is 0 Å². The minimum atomic E-state index is -4.51. The first-order chi connectivity index (χ1) is 12.3. The van der Waals surface area contributed by atoms with Crippen LogP contribution in [0.15, 0.2) is 59.0 Å². The Morgan fingerprint density at radius 2 is 1.73 bits per heavy atom. The van der Waals surface area contributed by atoms with Gasteiger partial charge in [0.25, 0.3) is 5.91 Å². The van der Waals surface area contributed by atoms with Gasteiger partial charge in [-0.15, -0.1) is 0 Å². The van der Waals surface area contributed by atoms with Crippen molar-refractivity contribution in [3.05, 3.63) is 77.0 Å². The number of carbonyl (C=O) groups excluding carboxylic acids is 1. The van der Waals surface area contributed by atoms with Crippen molar-refractivity contribution in [3.63, 3.8) is 0 Å². The summed E-state index contributed by atoms with van der Waals surface area (Å²) in [5.41, 5.74) is 1.65. The van der Waals surface area contributed by atoms with E-state index in [0.29, 0.717) is 5.69 Å². The van der Waals surface area contributed by atoms with E-state index in [1.54, 1.807) is 6.07 Å². The van der Waals surface area contributed by atoms with Gasteiger partial charge in [-0.05, 0) is 43.7 Å². The molecule has 0 aliphatic heterocycles. The molecule has 3 nitrogen and oxygen atoms in total. The molecule has 0 saturated heterocycles. The highest BCUT2D eigenvalue weighted by Crippen LogP contribution is 2.37. The lowest BCUT2D eigenvalue weighted by Gasteiger charge is -2.10. The number of nitrogens with one attached hydrogen (secondary N) is 1. The van der Waals surface area contributed by atoms with Crippen LogP contribution < -0.4 is 5.32 Å². The average Bonchev–Trinajstić information content (AvgIpc) is 3.06. The molecule has 134 valence electrons. The van der Waals surface area contributed by atoms with Gasteiger partial charge >= 0.3 is 6.18 Å². The smallest absolute Gasteiger partial charge is 0.417 e. The third kappa shape index (κ3) is 3.64. The summed E-state index contributed by atoms with van der Waals surface area (Å²) in [7, 11) is 0. The van der Waals surface area contributed by atoms with E-state index in [0.717, 1.165) is 17.2 Å². The number of benzene rings is 2. The molecule has 6 heteroatoms. The maximum absolute atomic E-state index is 13.1. The predicted molar refractivity (Wildman–Crippen MR) is 93.0 cm³/mol. The van der Waals surface area contributed by atoms with Gasteiger partial charge in [-0.3, -0.25) is 4.79 Å². The molecule has 1 heterocycles. The average molecular weight is 359 g/mol. The highest BCUT2D eigenvalue weighted by Gasteiger charge is 2.34. The minimum Gasteiger partial charge on any atom is -0.451 e. The Morgan fingerprint density at radius 1 is 1.00 bits per heavy atom. The first-order valence-electron chi connectivity index (χ1n) is 7.91. The van der Waals surface area contributed by atoms with Crippen LogP contribution in [0.5, 0.6) is 0 Å². The molecule has 0 unspecified atom stereocenters. The van der Waals surface area contributed by atoms with Crippen molar-refractivity contribution in [3.8, 4) is 11.3 Å². The molecule has 2 aromatic carbocycles. The zero-order valence-electron chi connectivity index (χ0n) is 14.1. The van der Waals surface area contributed by atoms with Crippen LogP contribution in [0.3, 0.4) is 0 Å². The Morgan fingerprint density at radius 3 is 2.42 bits per heavy atom. The summed E-state index contributed by atoms with van der Waals surface area (Å²) >= 11 is 0. The fourth-order valence-electron chi connectivity index (χ4n) is 2.69. The van der Waals surface area contributed by atoms with Gasteiger partial charge in [-0.2, -0.15) is 13.2 Å². The fourth-order valence-corrected chi connectivity index (χ4v) is 2.69. The number of halogens is 3. The van der Waals surface area contributed by atoms with Crippen LogP contribution in [-0.4, -0.2) is 5.91 Å². The van der Waals surface area contributed by atoms with E-state index in [4.69, 9.17) is 4.42 Å². The van der Waals surface area contributed by atoms with Crippen molar-refractivity contribution in [2.75, 3.05) is 5.32 Å². The van der Waals surface area contributed by atoms with Gasteiger partial charge in [0, 0.05) is 11.3 Å². The highest BCUT2D eigenvalue weighted by atomic mass is 19.4. The van der Waals surface area contributed by atoms with Crippen LogP contribution in [0.4, 0.5) is 18.9 Å². The summed E-state index contributed by atoms with van der Waals surface area (Å²) < 4.78 is 44.8. The van der Waals surface area contributed by atoms with Crippen molar-refractivity contribution < 1.29 is 22.4 Å². The van der Waals surface area contributed by atoms with Gasteiger partial charge in [-0.25, -0.2) is 0 Å². The second-order valence-electron chi connectivity index (χ2n) is 5.98. The van der Waals surface area contributed by atoms with Crippen LogP contribution in [0, 0.1) is 13.8 Å². The zero-order valence-corrected chi connectivity index (χ0v) is 14.1. The second-order valence-corrected chi connectivity index (χ2v) is 5.98. The molecule has 3 rings (SSSR count). The van der Waals surface area contributed by atoms with Gasteiger partial charge < -0.3 is 9.73 Å². The van der Waals surface area contributed by atoms with Crippen molar-refractivity contribution >= 4 is 11.6 Å². The first-order valence-corrected chi connectivity index (χ1v) is 7.91. The summed E-state index contributed by atoms with van der Waals surface area (Å²) in [5, 5.41) is 2.71. The van der Waals surface area contributed by atoms with Crippen molar-refractivity contribution in [1.29, 1.82) is 0 Å². The zero-order chi connectivity index (χ0) is 18.9. The lowest BCUT2D eigenvalue weighted by Crippen LogP contribution is -2.11. The molecule has 1 amide bonds. The summed E-state index contributed by atoms with van der Waals surface area (Å²) in [6, 6.07) is 13.4. The fraction of sp³-hybridized carbons (Fsp3) is 0.150. The van der Waals surface area contributed by atoms with E-state index >= 15 is 0 Å². The predicted octanol–water partition coefficient (Wildman–Crippen LogP) is 5.83. The van der Waals surface area contributed by atoms with E-state index < -0.39 is 17.6 Å². The van der Waals surface area contributed by atoms with Crippen LogP contribution in [0.1, 0.15) is 27.2 Å². The number of amides is 1. The Kier molecular flexibility index (Phi) is 4.59. The molecule has 3 aromatic rings. The largest absolute Gasteiger partial charge is 0.451 e. The van der Waals surface area contributed by atoms with Crippen LogP contribution >= 0.6 is 0 Å². The van der Waals surface area contributed by atoms with E-state index in [9.17, 15) is 18.0 Å². The number of hydrogen-bond donors (Lipinski definition) is 1. The van der Waals surface area contributed by atoms with Crippen LogP contribution in [-0.2, 0) is 6.18 Å². The molecule has 26 heavy (non-hydrogen) atoms. The summed E-state index contributed by atoms with van der Waals surface area (Å²) in [6.07, 6.45) is -4.51. The van der Waals surface area contributed by atoms with E-state index in [2.05, 4.69) is 5.32 Å². The molecule has 0 radical (unpaired) electrons. The van der Waals surface area contributed by atoms with Crippen molar-refractivity contribution in [1.82, 2.24) is 0 Å². The van der Waals surface area contributed by atoms with Gasteiger partial charge in [0.15, 0.2) is 5.76 Å². The Bertz CT molecular complexity index is 958. The SMILES string of the molecule is Cc1ccc(NC(=O)c2ccc(-c3ccccc3C(F)(F)F)o2)c(C)c1. The summed E-state index contributed by atoms with van der Waals surface area (Å²) in [5.74, 6) is -0.589. The normalized spacial score (nSPS) is 11.4. The lowest BCUT2D eigenvalue weighted by atomic mass is 10.1. The molecule has 0 aliphatic carbocycles. The number of aryl methyl sites for hydroxylation is 2. The van der Waals surface area contributed by atoms with Crippen LogP contribution in [0.2, 0.25) is 0 Å². The molecule has 0 saturated carbocycles. The van der Waals surface area contributed by atoms with E-state index in [-0.39, 0.29) is 17.1 Å². The second kappa shape index (κ2) is 6.71. The molecule has 1 aromatic heterocycles. The number of carbonyl (C=O) groups is 1. The maximum atomic E-state index is 13.1. The van der Waals surface area contributed by atoms with Gasteiger partial charge in [-0.1, -0.05) is 35.9 Å². The Balaban J connectivity index is 1.88. The third-order valence-electron chi connectivity index (χ3n) is 3.96. The number of hydrogen-bond acceptors (Lipinski definition) is 2. The molecule has 0 aliphatic rings. The highest BCUT2D eigenvalue weighted by molar-refractivity contribution is 6.03. The summed E-state index contributed by atoms with van der Waals surface area (Å²) in [6.45, 7) is 3.80. The van der Waals surface area contributed by atoms with Crippen molar-refractivity contribution in [2.45, 2.75) is 20.0 Å². The molecule has 1 N–H and O–H groups in total. The number of rotatable bonds is 3. The third-order valence-corrected chi connectivity index (χ3v) is 3.96. The lowest BCUT2D eigenvalue weighted by molar-refractivity contribution is -0.137. The van der Waals surface area contributed by atoms with Crippen molar-refractivity contribution in [2.24, 2.45) is 0 Å². The van der Waals surface area contributed by atoms with Crippen LogP contribution in [0.25, 0.3) is 11.3 Å². The summed E-state index contributed by atoms with van der Waals surface area (Å²) in [4.78, 5) is 12.4. The number of anilines is 1. The number of furan rings is 1. The Hall–Kier alpha value is -3.02. The van der Waals surface area contributed by atoms with E-state index in [1.165, 1.54) is 30.3 Å². The quantitative estimate of drug-likeness (QED) is 0.639. The topological polar surface area (TPSA) is 42.2 Å². The molecule has 0 spiro atoms. The maximum Gasteiger partial charge on any atom is 0.417 e. The molecule has 0 atom stereocenters. The molecular formula is C20H16F3NO2. The standard InChI is InChI=1S/C20H16F3NO2/c1-12-7-8-16(13(2)11-12)24-19(25)18-10-9-17(26-18)14-5-3-4-6-15(14)20(21,22)23/h3-11H,1-2H3,(H,24,25). The molecule has 0 bridgehead atoms. The Labute approximate surface area is 148 Å². The number of alkyl halides is 3. The first kappa shape index (κ1) is 17.8. The monoisotopic (exact) mass is 359 g/mol. The van der Waals surface area contributed by atoms with Gasteiger partial charge in [0.05, 0.1) is 5.56 Å².